The zero-order chi connectivity index (χ0) is 14.0. The van der Waals surface area contributed by atoms with Gasteiger partial charge in [-0.2, -0.15) is 0 Å². The standard InChI is InChI=1S/C14H20N2O3/c1-9-6-13(14(16(17)18)7-10(9)2)15-12-4-5-19-11(3)8-12/h6-7,11-12,15H,4-5,8H2,1-3H3. The van der Waals surface area contributed by atoms with E-state index >= 15 is 0 Å². The van der Waals surface area contributed by atoms with E-state index in [2.05, 4.69) is 5.32 Å². The van der Waals surface area contributed by atoms with Crippen molar-refractivity contribution in [2.24, 2.45) is 0 Å². The second-order valence-electron chi connectivity index (χ2n) is 5.26. The van der Waals surface area contributed by atoms with Gasteiger partial charge in [-0.1, -0.05) is 0 Å². The molecule has 0 saturated carbocycles. The molecule has 1 fully saturated rings. The summed E-state index contributed by atoms with van der Waals surface area (Å²) in [4.78, 5) is 10.8. The van der Waals surface area contributed by atoms with Gasteiger partial charge in [0.05, 0.1) is 11.0 Å². The van der Waals surface area contributed by atoms with E-state index in [4.69, 9.17) is 4.74 Å². The van der Waals surface area contributed by atoms with Crippen LogP contribution in [-0.4, -0.2) is 23.7 Å². The largest absolute Gasteiger partial charge is 0.378 e. The van der Waals surface area contributed by atoms with Crippen molar-refractivity contribution < 1.29 is 9.66 Å². The van der Waals surface area contributed by atoms with Crippen molar-refractivity contribution in [3.63, 3.8) is 0 Å². The van der Waals surface area contributed by atoms with Crippen LogP contribution in [0, 0.1) is 24.0 Å². The Morgan fingerprint density at radius 2 is 2.05 bits per heavy atom. The minimum absolute atomic E-state index is 0.155. The van der Waals surface area contributed by atoms with Gasteiger partial charge < -0.3 is 10.1 Å². The molecule has 0 spiro atoms. The first kappa shape index (κ1) is 13.8. The van der Waals surface area contributed by atoms with Crippen LogP contribution in [0.3, 0.4) is 0 Å². The molecule has 19 heavy (non-hydrogen) atoms. The lowest BCUT2D eigenvalue weighted by molar-refractivity contribution is -0.384. The van der Waals surface area contributed by atoms with Crippen LogP contribution in [0.1, 0.15) is 30.9 Å². The Labute approximate surface area is 113 Å². The highest BCUT2D eigenvalue weighted by atomic mass is 16.6. The van der Waals surface area contributed by atoms with E-state index in [1.165, 1.54) is 0 Å². The summed E-state index contributed by atoms with van der Waals surface area (Å²) < 4.78 is 5.49. The summed E-state index contributed by atoms with van der Waals surface area (Å²) in [6.45, 7) is 6.60. The van der Waals surface area contributed by atoms with Crippen LogP contribution in [0.15, 0.2) is 12.1 Å². The highest BCUT2D eigenvalue weighted by Crippen LogP contribution is 2.30. The predicted octanol–water partition coefficient (Wildman–Crippen LogP) is 3.19. The molecular weight excluding hydrogens is 244 g/mol. The second-order valence-corrected chi connectivity index (χ2v) is 5.26. The molecule has 1 heterocycles. The Morgan fingerprint density at radius 1 is 1.37 bits per heavy atom. The van der Waals surface area contributed by atoms with Crippen molar-refractivity contribution in [3.05, 3.63) is 33.4 Å². The summed E-state index contributed by atoms with van der Waals surface area (Å²) in [6.07, 6.45) is 1.97. The fraction of sp³-hybridized carbons (Fsp3) is 0.571. The summed E-state index contributed by atoms with van der Waals surface area (Å²) >= 11 is 0. The maximum Gasteiger partial charge on any atom is 0.292 e. The SMILES string of the molecule is Cc1cc(NC2CCOC(C)C2)c([N+](=O)[O-])cc1C. The van der Waals surface area contributed by atoms with Crippen LogP contribution in [-0.2, 0) is 4.74 Å². The molecule has 0 aliphatic carbocycles. The summed E-state index contributed by atoms with van der Waals surface area (Å²) in [5.41, 5.74) is 2.78. The zero-order valence-corrected chi connectivity index (χ0v) is 11.6. The molecule has 1 aliphatic rings. The molecule has 0 radical (unpaired) electrons. The number of hydrogen-bond donors (Lipinski definition) is 1. The first-order valence-corrected chi connectivity index (χ1v) is 6.61. The van der Waals surface area contributed by atoms with Crippen LogP contribution in [0.25, 0.3) is 0 Å². The van der Waals surface area contributed by atoms with Crippen molar-refractivity contribution in [3.8, 4) is 0 Å². The van der Waals surface area contributed by atoms with Gasteiger partial charge in [0.25, 0.3) is 5.69 Å². The van der Waals surface area contributed by atoms with Gasteiger partial charge in [-0.25, -0.2) is 0 Å². The highest BCUT2D eigenvalue weighted by Gasteiger charge is 2.23. The smallest absolute Gasteiger partial charge is 0.292 e. The monoisotopic (exact) mass is 264 g/mol. The van der Waals surface area contributed by atoms with E-state index in [1.807, 2.05) is 26.8 Å². The second kappa shape index (κ2) is 5.57. The van der Waals surface area contributed by atoms with Gasteiger partial charge in [0.15, 0.2) is 0 Å². The van der Waals surface area contributed by atoms with Gasteiger partial charge in [-0.05, 0) is 50.8 Å². The lowest BCUT2D eigenvalue weighted by Gasteiger charge is -2.28. The first-order valence-electron chi connectivity index (χ1n) is 6.61. The number of rotatable bonds is 3. The van der Waals surface area contributed by atoms with Crippen molar-refractivity contribution in [1.29, 1.82) is 0 Å². The molecular formula is C14H20N2O3. The third-order valence-corrected chi connectivity index (χ3v) is 3.65. The Morgan fingerprint density at radius 3 is 2.68 bits per heavy atom. The predicted molar refractivity (Wildman–Crippen MR) is 74.6 cm³/mol. The maximum absolute atomic E-state index is 11.1. The van der Waals surface area contributed by atoms with E-state index in [0.717, 1.165) is 24.0 Å². The lowest BCUT2D eigenvalue weighted by atomic mass is 10.0. The van der Waals surface area contributed by atoms with Crippen LogP contribution in [0.4, 0.5) is 11.4 Å². The Bertz CT molecular complexity index is 488. The number of nitro benzene ring substituents is 1. The van der Waals surface area contributed by atoms with Crippen LogP contribution >= 0.6 is 0 Å². The van der Waals surface area contributed by atoms with E-state index in [9.17, 15) is 10.1 Å². The van der Waals surface area contributed by atoms with Crippen molar-refractivity contribution in [1.82, 2.24) is 0 Å². The molecule has 2 rings (SSSR count). The summed E-state index contributed by atoms with van der Waals surface area (Å²) in [6, 6.07) is 3.75. The van der Waals surface area contributed by atoms with Gasteiger partial charge in [0.1, 0.15) is 5.69 Å². The average molecular weight is 264 g/mol. The zero-order valence-electron chi connectivity index (χ0n) is 11.6. The van der Waals surface area contributed by atoms with Gasteiger partial charge in [-0.3, -0.25) is 10.1 Å². The number of nitro groups is 1. The van der Waals surface area contributed by atoms with Crippen LogP contribution < -0.4 is 5.32 Å². The van der Waals surface area contributed by atoms with Gasteiger partial charge in [-0.15, -0.1) is 0 Å². The Hall–Kier alpha value is -1.62. The molecule has 0 amide bonds. The topological polar surface area (TPSA) is 64.4 Å². The molecule has 2 atom stereocenters. The molecule has 0 aromatic heterocycles. The Kier molecular flexibility index (Phi) is 4.04. The Balaban J connectivity index is 2.23. The third kappa shape index (κ3) is 3.23. The molecule has 1 N–H and O–H groups in total. The number of anilines is 1. The number of hydrogen-bond acceptors (Lipinski definition) is 4. The van der Waals surface area contributed by atoms with Crippen molar-refractivity contribution in [2.45, 2.75) is 45.8 Å². The third-order valence-electron chi connectivity index (χ3n) is 3.65. The van der Waals surface area contributed by atoms with Gasteiger partial charge in [0, 0.05) is 18.7 Å². The molecule has 5 heteroatoms. The fourth-order valence-electron chi connectivity index (χ4n) is 2.42. The molecule has 1 saturated heterocycles. The van der Waals surface area contributed by atoms with Crippen molar-refractivity contribution in [2.75, 3.05) is 11.9 Å². The lowest BCUT2D eigenvalue weighted by Crippen LogP contribution is -2.32. The van der Waals surface area contributed by atoms with Crippen molar-refractivity contribution >= 4 is 11.4 Å². The molecule has 2 unspecified atom stereocenters. The normalized spacial score (nSPS) is 23.1. The van der Waals surface area contributed by atoms with E-state index < -0.39 is 0 Å². The van der Waals surface area contributed by atoms with Crippen LogP contribution in [0.2, 0.25) is 0 Å². The fourth-order valence-corrected chi connectivity index (χ4v) is 2.42. The number of nitrogens with one attached hydrogen (secondary N) is 1. The van der Waals surface area contributed by atoms with E-state index in [-0.39, 0.29) is 22.8 Å². The maximum atomic E-state index is 11.1. The van der Waals surface area contributed by atoms with E-state index in [1.54, 1.807) is 6.07 Å². The number of aryl methyl sites for hydroxylation is 2. The van der Waals surface area contributed by atoms with Gasteiger partial charge in [0.2, 0.25) is 0 Å². The van der Waals surface area contributed by atoms with Gasteiger partial charge >= 0.3 is 0 Å². The molecule has 1 aromatic carbocycles. The number of benzene rings is 1. The molecule has 1 aromatic rings. The van der Waals surface area contributed by atoms with Crippen LogP contribution in [0.5, 0.6) is 0 Å². The average Bonchev–Trinajstić information content (AvgIpc) is 2.33. The highest BCUT2D eigenvalue weighted by molar-refractivity contribution is 5.64. The first-order chi connectivity index (χ1) is 8.97. The summed E-state index contributed by atoms with van der Waals surface area (Å²) in [5.74, 6) is 0. The summed E-state index contributed by atoms with van der Waals surface area (Å²) in [5, 5.41) is 14.4. The minimum Gasteiger partial charge on any atom is -0.378 e. The number of nitrogens with zero attached hydrogens (tertiary/aromatic N) is 1. The number of ether oxygens (including phenoxy) is 1. The minimum atomic E-state index is -0.322. The molecule has 5 nitrogen and oxygen atoms in total. The summed E-state index contributed by atoms with van der Waals surface area (Å²) in [7, 11) is 0. The molecule has 0 bridgehead atoms. The quantitative estimate of drug-likeness (QED) is 0.672. The molecule has 1 aliphatic heterocycles. The molecule has 104 valence electrons. The van der Waals surface area contributed by atoms with E-state index in [0.29, 0.717) is 12.3 Å².